The van der Waals surface area contributed by atoms with Crippen LogP contribution >= 0.6 is 0 Å². The monoisotopic (exact) mass is 218 g/mol. The van der Waals surface area contributed by atoms with E-state index in [1.54, 1.807) is 31.6 Å². The van der Waals surface area contributed by atoms with Crippen molar-refractivity contribution in [2.45, 2.75) is 25.1 Å². The second-order valence-corrected chi connectivity index (χ2v) is 3.28. The summed E-state index contributed by atoms with van der Waals surface area (Å²) in [5.74, 6) is 0. The Hall–Kier alpha value is -1.10. The number of aromatic nitrogens is 1. The van der Waals surface area contributed by atoms with E-state index in [1.807, 2.05) is 0 Å². The molecule has 0 aliphatic rings. The van der Waals surface area contributed by atoms with Crippen molar-refractivity contribution in [3.8, 4) is 0 Å². The number of halogens is 3. The minimum atomic E-state index is -4.10. The predicted octanol–water partition coefficient (Wildman–Crippen LogP) is 2.68. The van der Waals surface area contributed by atoms with Gasteiger partial charge in [0.2, 0.25) is 0 Å². The smallest absolute Gasteiger partial charge is 0.313 e. The van der Waals surface area contributed by atoms with Crippen LogP contribution in [0.2, 0.25) is 0 Å². The van der Waals surface area contributed by atoms with Crippen LogP contribution in [0.1, 0.15) is 24.4 Å². The molecule has 0 radical (unpaired) electrons. The molecule has 84 valence electrons. The summed E-state index contributed by atoms with van der Waals surface area (Å²) in [6, 6.07) is 3.17. The average Bonchev–Trinajstić information content (AvgIpc) is 2.19. The maximum atomic E-state index is 12.0. The van der Waals surface area contributed by atoms with Crippen molar-refractivity contribution in [3.05, 3.63) is 30.1 Å². The van der Waals surface area contributed by atoms with Gasteiger partial charge in [0.15, 0.2) is 0 Å². The van der Waals surface area contributed by atoms with Crippen molar-refractivity contribution in [2.24, 2.45) is 0 Å². The van der Waals surface area contributed by atoms with E-state index in [0.717, 1.165) is 5.56 Å². The minimum Gasteiger partial charge on any atom is -0.313 e. The van der Waals surface area contributed by atoms with Gasteiger partial charge in [-0.15, -0.1) is 0 Å². The van der Waals surface area contributed by atoms with Crippen LogP contribution in [0, 0.1) is 0 Å². The first-order valence-electron chi connectivity index (χ1n) is 4.67. The molecule has 0 saturated carbocycles. The van der Waals surface area contributed by atoms with Crippen LogP contribution in [0.25, 0.3) is 0 Å². The second kappa shape index (κ2) is 5.11. The fourth-order valence-electron chi connectivity index (χ4n) is 1.38. The average molecular weight is 218 g/mol. The molecular weight excluding hydrogens is 205 g/mol. The zero-order chi connectivity index (χ0) is 11.3. The topological polar surface area (TPSA) is 24.9 Å². The first kappa shape index (κ1) is 12.0. The molecule has 1 N–H and O–H groups in total. The summed E-state index contributed by atoms with van der Waals surface area (Å²) in [6.07, 6.45) is -1.67. The van der Waals surface area contributed by atoms with Gasteiger partial charge in [0.25, 0.3) is 0 Å². The molecule has 0 bridgehead atoms. The van der Waals surface area contributed by atoms with Crippen LogP contribution in [-0.4, -0.2) is 18.2 Å². The number of alkyl halides is 3. The maximum absolute atomic E-state index is 12.0. The Kier molecular flexibility index (Phi) is 4.08. The van der Waals surface area contributed by atoms with E-state index in [-0.39, 0.29) is 12.5 Å². The fourth-order valence-corrected chi connectivity index (χ4v) is 1.38. The summed E-state index contributed by atoms with van der Waals surface area (Å²) < 4.78 is 36.1. The molecule has 5 heteroatoms. The number of hydrogen-bond donors (Lipinski definition) is 1. The van der Waals surface area contributed by atoms with Crippen LogP contribution in [0.5, 0.6) is 0 Å². The van der Waals surface area contributed by atoms with Gasteiger partial charge in [-0.1, -0.05) is 0 Å². The summed E-state index contributed by atoms with van der Waals surface area (Å²) >= 11 is 0. The molecule has 1 aromatic heterocycles. The number of nitrogens with zero attached hydrogens (tertiary/aromatic N) is 1. The molecular formula is C10H13F3N2. The fraction of sp³-hybridized carbons (Fsp3) is 0.500. The van der Waals surface area contributed by atoms with Crippen molar-refractivity contribution in [2.75, 3.05) is 7.05 Å². The number of hydrogen-bond acceptors (Lipinski definition) is 2. The summed E-state index contributed by atoms with van der Waals surface area (Å²) in [6.45, 7) is 0. The van der Waals surface area contributed by atoms with E-state index in [2.05, 4.69) is 10.3 Å². The number of pyridine rings is 1. The van der Waals surface area contributed by atoms with E-state index in [4.69, 9.17) is 0 Å². The van der Waals surface area contributed by atoms with Gasteiger partial charge >= 0.3 is 6.18 Å². The molecule has 1 heterocycles. The highest BCUT2D eigenvalue weighted by molar-refractivity contribution is 5.14. The lowest BCUT2D eigenvalue weighted by Crippen LogP contribution is -2.19. The largest absolute Gasteiger partial charge is 0.389 e. The van der Waals surface area contributed by atoms with E-state index in [0.29, 0.717) is 0 Å². The molecule has 0 aliphatic carbocycles. The predicted molar refractivity (Wildman–Crippen MR) is 51.3 cm³/mol. The van der Waals surface area contributed by atoms with Gasteiger partial charge in [-0.05, 0) is 31.2 Å². The first-order valence-corrected chi connectivity index (χ1v) is 4.67. The standard InChI is InChI=1S/C10H13F3N2/c1-14-9(2-5-10(11,12)13)8-3-6-15-7-4-8/h3-4,6-7,9,14H,2,5H2,1H3. The highest BCUT2D eigenvalue weighted by Gasteiger charge is 2.28. The van der Waals surface area contributed by atoms with Crippen LogP contribution in [0.4, 0.5) is 13.2 Å². The molecule has 0 saturated heterocycles. The molecule has 1 aromatic rings. The van der Waals surface area contributed by atoms with Crippen molar-refractivity contribution in [3.63, 3.8) is 0 Å². The normalized spacial score (nSPS) is 13.9. The molecule has 0 amide bonds. The van der Waals surface area contributed by atoms with Crippen molar-refractivity contribution in [1.82, 2.24) is 10.3 Å². The zero-order valence-corrected chi connectivity index (χ0v) is 8.38. The minimum absolute atomic E-state index is 0.0456. The van der Waals surface area contributed by atoms with Gasteiger partial charge in [0, 0.05) is 24.9 Å². The lowest BCUT2D eigenvalue weighted by molar-refractivity contribution is -0.136. The van der Waals surface area contributed by atoms with Gasteiger partial charge in [-0.25, -0.2) is 0 Å². The Balaban J connectivity index is 2.58. The van der Waals surface area contributed by atoms with Crippen molar-refractivity contribution in [1.29, 1.82) is 0 Å². The third kappa shape index (κ3) is 4.29. The second-order valence-electron chi connectivity index (χ2n) is 3.28. The highest BCUT2D eigenvalue weighted by atomic mass is 19.4. The van der Waals surface area contributed by atoms with Gasteiger partial charge in [-0.3, -0.25) is 4.98 Å². The Morgan fingerprint density at radius 2 is 1.93 bits per heavy atom. The molecule has 0 fully saturated rings. The van der Waals surface area contributed by atoms with Crippen LogP contribution in [0.15, 0.2) is 24.5 Å². The van der Waals surface area contributed by atoms with Crippen LogP contribution in [0.3, 0.4) is 0 Å². The Morgan fingerprint density at radius 1 is 1.33 bits per heavy atom. The summed E-state index contributed by atoms with van der Waals surface area (Å²) in [5.41, 5.74) is 0.830. The third-order valence-electron chi connectivity index (χ3n) is 2.17. The molecule has 1 unspecified atom stereocenters. The molecule has 1 atom stereocenters. The molecule has 2 nitrogen and oxygen atoms in total. The van der Waals surface area contributed by atoms with Crippen LogP contribution < -0.4 is 5.32 Å². The molecule has 0 aromatic carbocycles. The van der Waals surface area contributed by atoms with Gasteiger partial charge in [0.05, 0.1) is 0 Å². The van der Waals surface area contributed by atoms with Crippen molar-refractivity contribution >= 4 is 0 Å². The van der Waals surface area contributed by atoms with E-state index < -0.39 is 12.6 Å². The SMILES string of the molecule is CNC(CCC(F)(F)F)c1ccncc1. The quantitative estimate of drug-likeness (QED) is 0.840. The Morgan fingerprint density at radius 3 is 2.40 bits per heavy atom. The highest BCUT2D eigenvalue weighted by Crippen LogP contribution is 2.26. The molecule has 0 spiro atoms. The Bertz CT molecular complexity index is 284. The summed E-state index contributed by atoms with van der Waals surface area (Å²) in [7, 11) is 1.65. The lowest BCUT2D eigenvalue weighted by atomic mass is 10.0. The van der Waals surface area contributed by atoms with Gasteiger partial charge < -0.3 is 5.32 Å². The maximum Gasteiger partial charge on any atom is 0.389 e. The lowest BCUT2D eigenvalue weighted by Gasteiger charge is -2.17. The third-order valence-corrected chi connectivity index (χ3v) is 2.17. The molecule has 0 aliphatic heterocycles. The summed E-state index contributed by atoms with van der Waals surface area (Å²) in [5, 5.41) is 2.86. The van der Waals surface area contributed by atoms with Crippen molar-refractivity contribution < 1.29 is 13.2 Å². The van der Waals surface area contributed by atoms with E-state index in [9.17, 15) is 13.2 Å². The first-order chi connectivity index (χ1) is 7.03. The molecule has 1 rings (SSSR count). The Labute approximate surface area is 86.5 Å². The van der Waals surface area contributed by atoms with E-state index >= 15 is 0 Å². The van der Waals surface area contributed by atoms with Gasteiger partial charge in [-0.2, -0.15) is 13.2 Å². The molecule has 15 heavy (non-hydrogen) atoms. The van der Waals surface area contributed by atoms with E-state index in [1.165, 1.54) is 0 Å². The summed E-state index contributed by atoms with van der Waals surface area (Å²) in [4.78, 5) is 3.82. The van der Waals surface area contributed by atoms with Gasteiger partial charge in [0.1, 0.15) is 0 Å². The van der Waals surface area contributed by atoms with Crippen LogP contribution in [-0.2, 0) is 0 Å². The number of nitrogens with one attached hydrogen (secondary N) is 1. The number of rotatable bonds is 4. The zero-order valence-electron chi connectivity index (χ0n) is 8.38.